The largest absolute Gasteiger partial charge is 0.497 e. The van der Waals surface area contributed by atoms with E-state index in [4.69, 9.17) is 9.47 Å². The molecule has 0 aliphatic carbocycles. The molecule has 2 heterocycles. The van der Waals surface area contributed by atoms with E-state index < -0.39 is 5.97 Å². The van der Waals surface area contributed by atoms with Gasteiger partial charge in [0.1, 0.15) is 5.75 Å². The van der Waals surface area contributed by atoms with E-state index in [0.29, 0.717) is 24.2 Å². The Hall–Kier alpha value is -4.26. The Morgan fingerprint density at radius 1 is 1.03 bits per heavy atom. The van der Waals surface area contributed by atoms with Gasteiger partial charge in [-0.3, -0.25) is 0 Å². The minimum Gasteiger partial charge on any atom is -0.497 e. The first kappa shape index (κ1) is 22.5. The normalized spacial score (nSPS) is 14.9. The van der Waals surface area contributed by atoms with Crippen LogP contribution in [0.25, 0.3) is 10.9 Å². The summed E-state index contributed by atoms with van der Waals surface area (Å²) < 4.78 is 10.3. The van der Waals surface area contributed by atoms with Gasteiger partial charge in [-0.05, 0) is 54.8 Å². The Morgan fingerprint density at radius 2 is 1.80 bits per heavy atom. The van der Waals surface area contributed by atoms with Gasteiger partial charge in [0.15, 0.2) is 0 Å². The number of H-pyrrole nitrogens is 1. The van der Waals surface area contributed by atoms with Crippen molar-refractivity contribution in [3.8, 4) is 5.75 Å². The Bertz CT molecular complexity index is 1410. The molecule has 0 spiro atoms. The summed E-state index contributed by atoms with van der Waals surface area (Å²) in [6.45, 7) is 2.56. The molecule has 0 bridgehead atoms. The van der Waals surface area contributed by atoms with Gasteiger partial charge in [-0.1, -0.05) is 42.0 Å². The van der Waals surface area contributed by atoms with Gasteiger partial charge >= 0.3 is 12.0 Å². The zero-order valence-corrected chi connectivity index (χ0v) is 19.9. The van der Waals surface area contributed by atoms with E-state index in [1.165, 1.54) is 12.7 Å². The van der Waals surface area contributed by atoms with E-state index in [-0.39, 0.29) is 12.1 Å². The number of hydrogen-bond donors (Lipinski definition) is 2. The number of benzene rings is 3. The number of nitrogens with zero attached hydrogens (tertiary/aromatic N) is 1. The molecule has 1 aromatic heterocycles. The van der Waals surface area contributed by atoms with Crippen molar-refractivity contribution in [2.45, 2.75) is 19.4 Å². The molecular weight excluding hydrogens is 442 g/mol. The van der Waals surface area contributed by atoms with Crippen molar-refractivity contribution in [3.63, 3.8) is 0 Å². The average Bonchev–Trinajstić information content (AvgIpc) is 3.26. The highest BCUT2D eigenvalue weighted by Crippen LogP contribution is 2.39. The number of fused-ring (bicyclic) bond motifs is 3. The van der Waals surface area contributed by atoms with Crippen LogP contribution < -0.4 is 10.1 Å². The lowest BCUT2D eigenvalue weighted by Crippen LogP contribution is -2.43. The Kier molecular flexibility index (Phi) is 5.91. The first-order valence-corrected chi connectivity index (χ1v) is 11.5. The number of nitrogens with one attached hydrogen (secondary N) is 2. The highest BCUT2D eigenvalue weighted by molar-refractivity contribution is 6.01. The second-order valence-electron chi connectivity index (χ2n) is 8.65. The van der Waals surface area contributed by atoms with E-state index in [1.807, 2.05) is 30.0 Å². The molecule has 1 atom stereocenters. The maximum Gasteiger partial charge on any atom is 0.339 e. The summed E-state index contributed by atoms with van der Waals surface area (Å²) in [5.74, 6) is 0.298. The molecule has 7 heteroatoms. The molecule has 1 aliphatic heterocycles. The zero-order chi connectivity index (χ0) is 24.5. The van der Waals surface area contributed by atoms with E-state index >= 15 is 0 Å². The molecule has 0 unspecified atom stereocenters. The van der Waals surface area contributed by atoms with Crippen LogP contribution in [-0.4, -0.2) is 42.6 Å². The number of methoxy groups -OCH3 is 2. The number of aryl methyl sites for hydroxylation is 1. The number of carbonyl (C=O) groups excluding carboxylic acids is 2. The summed E-state index contributed by atoms with van der Waals surface area (Å²) in [7, 11) is 2.99. The van der Waals surface area contributed by atoms with E-state index in [0.717, 1.165) is 33.5 Å². The molecule has 3 aromatic carbocycles. The van der Waals surface area contributed by atoms with Crippen LogP contribution in [0.4, 0.5) is 10.5 Å². The molecule has 0 radical (unpaired) electrons. The van der Waals surface area contributed by atoms with E-state index in [2.05, 4.69) is 34.6 Å². The summed E-state index contributed by atoms with van der Waals surface area (Å²) in [4.78, 5) is 31.2. The summed E-state index contributed by atoms with van der Waals surface area (Å²) >= 11 is 0. The monoisotopic (exact) mass is 469 g/mol. The average molecular weight is 470 g/mol. The summed E-state index contributed by atoms with van der Waals surface area (Å²) in [5, 5.41) is 4.05. The van der Waals surface area contributed by atoms with Gasteiger partial charge in [0.05, 0.1) is 31.5 Å². The first-order chi connectivity index (χ1) is 17.0. The fraction of sp³-hybridized carbons (Fsp3) is 0.214. The smallest absolute Gasteiger partial charge is 0.339 e. The standard InChI is InChI=1S/C28H27N3O4/c1-17-8-10-18(11-9-17)26-25-20(22-16-19(34-2)12-13-24(22)29-25)14-15-31(26)28(33)30-23-7-5-4-6-21(23)27(32)35-3/h4-13,16,26,29H,14-15H2,1-3H3,(H,30,33)/t26-/m0/s1. The number of amides is 2. The number of urea groups is 1. The van der Waals surface area contributed by atoms with Crippen molar-refractivity contribution in [3.05, 3.63) is 94.7 Å². The number of aromatic amines is 1. The SMILES string of the molecule is COC(=O)c1ccccc1NC(=O)N1CCc2c([nH]c3ccc(OC)cc23)[C@@H]1c1ccc(C)cc1. The Labute approximate surface area is 203 Å². The van der Waals surface area contributed by atoms with Crippen LogP contribution in [-0.2, 0) is 11.2 Å². The second kappa shape index (κ2) is 9.18. The molecule has 0 saturated heterocycles. The summed E-state index contributed by atoms with van der Waals surface area (Å²) in [6.07, 6.45) is 0.691. The van der Waals surface area contributed by atoms with Crippen LogP contribution in [0.15, 0.2) is 66.7 Å². The first-order valence-electron chi connectivity index (χ1n) is 11.5. The molecule has 7 nitrogen and oxygen atoms in total. The summed E-state index contributed by atoms with van der Waals surface area (Å²) in [6, 6.07) is 20.5. The van der Waals surface area contributed by atoms with Gasteiger partial charge in [-0.2, -0.15) is 0 Å². The van der Waals surface area contributed by atoms with E-state index in [9.17, 15) is 9.59 Å². The minimum absolute atomic E-state index is 0.284. The van der Waals surface area contributed by atoms with Gasteiger partial charge < -0.3 is 24.7 Å². The van der Waals surface area contributed by atoms with Crippen LogP contribution in [0.5, 0.6) is 5.75 Å². The van der Waals surface area contributed by atoms with Crippen molar-refractivity contribution in [2.24, 2.45) is 0 Å². The van der Waals surface area contributed by atoms with Crippen molar-refractivity contribution in [1.29, 1.82) is 0 Å². The number of anilines is 1. The molecule has 2 N–H and O–H groups in total. The van der Waals surface area contributed by atoms with Gasteiger partial charge in [0, 0.05) is 23.1 Å². The van der Waals surface area contributed by atoms with Crippen molar-refractivity contribution in [1.82, 2.24) is 9.88 Å². The van der Waals surface area contributed by atoms with Gasteiger partial charge in [0.25, 0.3) is 0 Å². The lowest BCUT2D eigenvalue weighted by molar-refractivity contribution is 0.0602. The molecule has 2 amide bonds. The van der Waals surface area contributed by atoms with Crippen molar-refractivity contribution >= 4 is 28.6 Å². The maximum absolute atomic E-state index is 13.6. The highest BCUT2D eigenvalue weighted by atomic mass is 16.5. The Balaban J connectivity index is 1.57. The third kappa shape index (κ3) is 4.10. The van der Waals surface area contributed by atoms with Crippen LogP contribution in [0, 0.1) is 6.92 Å². The predicted octanol–water partition coefficient (Wildman–Crippen LogP) is 5.45. The number of para-hydroxylation sites is 1. The number of ether oxygens (including phenoxy) is 2. The lowest BCUT2D eigenvalue weighted by Gasteiger charge is -2.36. The number of rotatable bonds is 4. The van der Waals surface area contributed by atoms with Crippen LogP contribution in [0.3, 0.4) is 0 Å². The number of esters is 1. The van der Waals surface area contributed by atoms with Crippen LogP contribution in [0.1, 0.15) is 38.8 Å². The number of hydrogen-bond acceptors (Lipinski definition) is 4. The molecule has 35 heavy (non-hydrogen) atoms. The molecule has 178 valence electrons. The molecule has 1 aliphatic rings. The van der Waals surface area contributed by atoms with Crippen molar-refractivity contribution < 1.29 is 19.1 Å². The lowest BCUT2D eigenvalue weighted by atomic mass is 9.92. The summed E-state index contributed by atoms with van der Waals surface area (Å²) in [5.41, 5.74) is 6.06. The zero-order valence-electron chi connectivity index (χ0n) is 19.9. The second-order valence-corrected chi connectivity index (χ2v) is 8.65. The maximum atomic E-state index is 13.6. The van der Waals surface area contributed by atoms with Gasteiger partial charge in [0.2, 0.25) is 0 Å². The molecular formula is C28H27N3O4. The third-order valence-electron chi connectivity index (χ3n) is 6.56. The van der Waals surface area contributed by atoms with Crippen LogP contribution in [0.2, 0.25) is 0 Å². The predicted molar refractivity (Wildman–Crippen MR) is 135 cm³/mol. The molecule has 0 fully saturated rings. The van der Waals surface area contributed by atoms with Crippen LogP contribution >= 0.6 is 0 Å². The number of carbonyl (C=O) groups is 2. The topological polar surface area (TPSA) is 83.7 Å². The Morgan fingerprint density at radius 3 is 2.54 bits per heavy atom. The molecule has 0 saturated carbocycles. The highest BCUT2D eigenvalue weighted by Gasteiger charge is 2.35. The molecule has 4 aromatic rings. The third-order valence-corrected chi connectivity index (χ3v) is 6.56. The van der Waals surface area contributed by atoms with E-state index in [1.54, 1.807) is 31.4 Å². The quantitative estimate of drug-likeness (QED) is 0.389. The van der Waals surface area contributed by atoms with Gasteiger partial charge in [-0.15, -0.1) is 0 Å². The number of aromatic nitrogens is 1. The minimum atomic E-state index is -0.499. The fourth-order valence-corrected chi connectivity index (χ4v) is 4.78. The molecule has 5 rings (SSSR count). The fourth-order valence-electron chi connectivity index (χ4n) is 4.78. The van der Waals surface area contributed by atoms with Gasteiger partial charge in [-0.25, -0.2) is 9.59 Å². The van der Waals surface area contributed by atoms with Crippen molar-refractivity contribution in [2.75, 3.05) is 26.1 Å².